The molecule has 2 amide bonds. The number of hydrogen-bond donors (Lipinski definition) is 2. The fourth-order valence-electron chi connectivity index (χ4n) is 3.51. The summed E-state index contributed by atoms with van der Waals surface area (Å²) < 4.78 is 5.01. The van der Waals surface area contributed by atoms with E-state index in [-0.39, 0.29) is 11.6 Å². The van der Waals surface area contributed by atoms with Crippen molar-refractivity contribution in [2.24, 2.45) is 0 Å². The van der Waals surface area contributed by atoms with E-state index in [1.807, 2.05) is 0 Å². The topological polar surface area (TPSA) is 111 Å². The van der Waals surface area contributed by atoms with Crippen LogP contribution in [-0.2, 0) is 22.4 Å². The highest BCUT2D eigenvalue weighted by Gasteiger charge is 2.26. The Bertz CT molecular complexity index is 999. The lowest BCUT2D eigenvalue weighted by molar-refractivity contribution is -0.385. The zero-order valence-corrected chi connectivity index (χ0v) is 18.1. The number of nitrogens with one attached hydrogen (secondary N) is 2. The molecule has 9 heteroatoms. The molecule has 0 saturated heterocycles. The van der Waals surface area contributed by atoms with Crippen LogP contribution in [-0.4, -0.2) is 37.0 Å². The first-order valence-electron chi connectivity index (χ1n) is 10.2. The van der Waals surface area contributed by atoms with Crippen LogP contribution in [0.3, 0.4) is 0 Å². The van der Waals surface area contributed by atoms with E-state index < -0.39 is 10.8 Å². The summed E-state index contributed by atoms with van der Waals surface area (Å²) in [5.74, 6) is -0.640. The number of methoxy groups -OCH3 is 1. The molecule has 0 unspecified atom stereocenters. The molecule has 164 valence electrons. The molecule has 8 nitrogen and oxygen atoms in total. The third-order valence-electron chi connectivity index (χ3n) is 4.99. The Morgan fingerprint density at radius 1 is 1.26 bits per heavy atom. The van der Waals surface area contributed by atoms with Gasteiger partial charge in [0.05, 0.1) is 16.1 Å². The van der Waals surface area contributed by atoms with Crippen LogP contribution in [0.5, 0.6) is 0 Å². The maximum atomic E-state index is 12.9. The second-order valence-electron chi connectivity index (χ2n) is 7.16. The summed E-state index contributed by atoms with van der Waals surface area (Å²) in [5, 5.41) is 17.4. The van der Waals surface area contributed by atoms with Crippen molar-refractivity contribution in [3.05, 3.63) is 62.0 Å². The predicted molar refractivity (Wildman–Crippen MR) is 121 cm³/mol. The van der Waals surface area contributed by atoms with Crippen LogP contribution in [0.25, 0.3) is 6.08 Å². The highest BCUT2D eigenvalue weighted by Crippen LogP contribution is 2.38. The number of carbonyl (C=O) groups excluding carboxylic acids is 2. The zero-order valence-electron chi connectivity index (χ0n) is 17.3. The number of anilines is 1. The van der Waals surface area contributed by atoms with Gasteiger partial charge in [0.25, 0.3) is 11.6 Å². The number of nitro benzene ring substituents is 1. The molecule has 0 bridgehead atoms. The number of thiophene rings is 1. The predicted octanol–water partition coefficient (Wildman–Crippen LogP) is 3.95. The summed E-state index contributed by atoms with van der Waals surface area (Å²) in [5.41, 5.74) is 1.81. The zero-order chi connectivity index (χ0) is 22.2. The molecule has 1 heterocycles. The molecule has 1 aromatic carbocycles. The number of carbonyl (C=O) groups is 2. The third-order valence-corrected chi connectivity index (χ3v) is 6.20. The maximum Gasteiger partial charge on any atom is 0.276 e. The standard InChI is InChI=1S/C22H25N3O5S/c1-30-14-6-13-23-21(27)20-16-8-3-5-10-18(16)31-22(20)24-19(26)12-11-15-7-2-4-9-17(15)25(28)29/h2,4,7,9,11-12H,3,5-6,8,10,13-14H2,1H3,(H,23,27)(H,24,26)/b12-11+. The summed E-state index contributed by atoms with van der Waals surface area (Å²) in [6.45, 7) is 1.05. The molecule has 2 N–H and O–H groups in total. The number of para-hydroxylation sites is 1. The van der Waals surface area contributed by atoms with Gasteiger partial charge in [-0.05, 0) is 49.8 Å². The highest BCUT2D eigenvalue weighted by atomic mass is 32.1. The van der Waals surface area contributed by atoms with Gasteiger partial charge in [0.2, 0.25) is 5.91 Å². The van der Waals surface area contributed by atoms with E-state index in [9.17, 15) is 19.7 Å². The van der Waals surface area contributed by atoms with Gasteiger partial charge in [0.15, 0.2) is 0 Å². The summed E-state index contributed by atoms with van der Waals surface area (Å²) in [7, 11) is 1.61. The molecule has 0 saturated carbocycles. The average molecular weight is 444 g/mol. The number of fused-ring (bicyclic) bond motifs is 1. The van der Waals surface area contributed by atoms with Gasteiger partial charge in [-0.3, -0.25) is 19.7 Å². The molecule has 31 heavy (non-hydrogen) atoms. The smallest absolute Gasteiger partial charge is 0.276 e. The van der Waals surface area contributed by atoms with Gasteiger partial charge in [0, 0.05) is 37.3 Å². The van der Waals surface area contributed by atoms with Crippen molar-refractivity contribution >= 4 is 39.9 Å². The van der Waals surface area contributed by atoms with Crippen molar-refractivity contribution in [2.45, 2.75) is 32.1 Å². The molecule has 2 aromatic rings. The first kappa shape index (κ1) is 22.6. The van der Waals surface area contributed by atoms with Crippen LogP contribution in [0.1, 0.15) is 45.6 Å². The Morgan fingerprint density at radius 2 is 2.03 bits per heavy atom. The van der Waals surface area contributed by atoms with E-state index in [0.29, 0.717) is 35.7 Å². The Morgan fingerprint density at radius 3 is 2.81 bits per heavy atom. The van der Waals surface area contributed by atoms with Crippen LogP contribution >= 0.6 is 11.3 Å². The quantitative estimate of drug-likeness (QED) is 0.264. The molecular weight excluding hydrogens is 418 g/mol. The molecule has 0 spiro atoms. The van der Waals surface area contributed by atoms with E-state index in [4.69, 9.17) is 4.74 Å². The fraction of sp³-hybridized carbons (Fsp3) is 0.364. The SMILES string of the molecule is COCCCNC(=O)c1c(NC(=O)/C=C/c2ccccc2[N+](=O)[O-])sc2c1CCCC2. The molecule has 3 rings (SSSR count). The van der Waals surface area contributed by atoms with Gasteiger partial charge in [0.1, 0.15) is 5.00 Å². The Hall–Kier alpha value is -3.04. The number of hydrogen-bond acceptors (Lipinski definition) is 6. The Kier molecular flexibility index (Phi) is 7.91. The fourth-order valence-corrected chi connectivity index (χ4v) is 4.80. The van der Waals surface area contributed by atoms with Gasteiger partial charge in [-0.2, -0.15) is 0 Å². The van der Waals surface area contributed by atoms with Gasteiger partial charge < -0.3 is 15.4 Å². The number of ether oxygens (including phenoxy) is 1. The number of nitro groups is 1. The van der Waals surface area contributed by atoms with Crippen LogP contribution in [0.2, 0.25) is 0 Å². The Balaban J connectivity index is 1.77. The largest absolute Gasteiger partial charge is 0.385 e. The number of nitrogens with zero attached hydrogens (tertiary/aromatic N) is 1. The monoisotopic (exact) mass is 443 g/mol. The van der Waals surface area contributed by atoms with Gasteiger partial charge in [-0.25, -0.2) is 0 Å². The number of benzene rings is 1. The molecule has 1 aromatic heterocycles. The Labute approximate surface area is 184 Å². The lowest BCUT2D eigenvalue weighted by atomic mass is 9.95. The lowest BCUT2D eigenvalue weighted by Crippen LogP contribution is -2.27. The summed E-state index contributed by atoms with van der Waals surface area (Å²) in [4.78, 5) is 37.2. The summed E-state index contributed by atoms with van der Waals surface area (Å²) in [6.07, 6.45) is 7.15. The summed E-state index contributed by atoms with van der Waals surface area (Å²) in [6, 6.07) is 6.20. The van der Waals surface area contributed by atoms with Crippen LogP contribution < -0.4 is 10.6 Å². The molecule has 0 aliphatic heterocycles. The van der Waals surface area contributed by atoms with E-state index >= 15 is 0 Å². The maximum absolute atomic E-state index is 12.9. The normalized spacial score (nSPS) is 13.1. The molecule has 0 fully saturated rings. The van der Waals surface area contributed by atoms with E-state index in [1.165, 1.54) is 29.6 Å². The van der Waals surface area contributed by atoms with Crippen LogP contribution in [0.15, 0.2) is 30.3 Å². The van der Waals surface area contributed by atoms with Gasteiger partial charge in [-0.15, -0.1) is 11.3 Å². The molecule has 1 aliphatic rings. The molecule has 1 aliphatic carbocycles. The van der Waals surface area contributed by atoms with E-state index in [1.54, 1.807) is 25.3 Å². The molecular formula is C22H25N3O5S. The van der Waals surface area contributed by atoms with Gasteiger partial charge >= 0.3 is 0 Å². The number of aryl methyl sites for hydroxylation is 1. The second kappa shape index (κ2) is 10.8. The number of rotatable bonds is 9. The minimum atomic E-state index is -0.489. The first-order chi connectivity index (χ1) is 15.0. The van der Waals surface area contributed by atoms with Crippen molar-refractivity contribution in [2.75, 3.05) is 25.6 Å². The molecule has 0 radical (unpaired) electrons. The highest BCUT2D eigenvalue weighted by molar-refractivity contribution is 7.17. The number of amides is 2. The first-order valence-corrected chi connectivity index (χ1v) is 11.0. The van der Waals surface area contributed by atoms with Crippen molar-refractivity contribution < 1.29 is 19.2 Å². The lowest BCUT2D eigenvalue weighted by Gasteiger charge is -2.13. The van der Waals surface area contributed by atoms with Crippen molar-refractivity contribution in [1.82, 2.24) is 5.32 Å². The van der Waals surface area contributed by atoms with Gasteiger partial charge in [-0.1, -0.05) is 12.1 Å². The minimum Gasteiger partial charge on any atom is -0.385 e. The van der Waals surface area contributed by atoms with Crippen LogP contribution in [0.4, 0.5) is 10.7 Å². The summed E-state index contributed by atoms with van der Waals surface area (Å²) >= 11 is 1.43. The van der Waals surface area contributed by atoms with Crippen molar-refractivity contribution in [3.8, 4) is 0 Å². The second-order valence-corrected chi connectivity index (χ2v) is 8.26. The van der Waals surface area contributed by atoms with E-state index in [0.717, 1.165) is 36.1 Å². The third kappa shape index (κ3) is 5.77. The van der Waals surface area contributed by atoms with E-state index in [2.05, 4.69) is 10.6 Å². The van der Waals surface area contributed by atoms with Crippen molar-refractivity contribution in [3.63, 3.8) is 0 Å². The average Bonchev–Trinajstić information content (AvgIpc) is 3.13. The minimum absolute atomic E-state index is 0.0748. The van der Waals surface area contributed by atoms with Crippen LogP contribution in [0, 0.1) is 10.1 Å². The van der Waals surface area contributed by atoms with Crippen molar-refractivity contribution in [1.29, 1.82) is 0 Å². The molecule has 0 atom stereocenters.